The monoisotopic (exact) mass is 323 g/mol. The van der Waals surface area contributed by atoms with E-state index >= 15 is 0 Å². The summed E-state index contributed by atoms with van der Waals surface area (Å²) >= 11 is 0. The number of piperidine rings is 1. The molecule has 0 atom stereocenters. The molecule has 0 spiro atoms. The van der Waals surface area contributed by atoms with E-state index in [2.05, 4.69) is 22.0 Å². The SMILES string of the molecule is CN=Cc1c(C)nc(N2CCCCC2)nc1-c1cccc(CN)c1. The number of anilines is 1. The van der Waals surface area contributed by atoms with Crippen LogP contribution in [0.3, 0.4) is 0 Å². The molecule has 1 aromatic heterocycles. The van der Waals surface area contributed by atoms with E-state index in [4.69, 9.17) is 15.7 Å². The largest absolute Gasteiger partial charge is 0.341 e. The van der Waals surface area contributed by atoms with Gasteiger partial charge in [-0.25, -0.2) is 9.97 Å². The second kappa shape index (κ2) is 7.53. The number of benzene rings is 1. The molecule has 5 heteroatoms. The van der Waals surface area contributed by atoms with E-state index in [-0.39, 0.29) is 0 Å². The molecule has 0 aliphatic carbocycles. The van der Waals surface area contributed by atoms with Gasteiger partial charge in [-0.1, -0.05) is 18.2 Å². The van der Waals surface area contributed by atoms with Crippen LogP contribution in [-0.2, 0) is 6.54 Å². The van der Waals surface area contributed by atoms with Gasteiger partial charge in [0.1, 0.15) is 0 Å². The van der Waals surface area contributed by atoms with Crippen molar-refractivity contribution >= 4 is 12.2 Å². The average Bonchev–Trinajstić information content (AvgIpc) is 2.64. The van der Waals surface area contributed by atoms with Gasteiger partial charge in [-0.2, -0.15) is 0 Å². The number of hydrogen-bond donors (Lipinski definition) is 1. The van der Waals surface area contributed by atoms with Crippen LogP contribution < -0.4 is 10.6 Å². The first kappa shape index (κ1) is 16.6. The van der Waals surface area contributed by atoms with Crippen molar-refractivity contribution in [3.05, 3.63) is 41.1 Å². The Morgan fingerprint density at radius 2 is 2.00 bits per heavy atom. The third kappa shape index (κ3) is 3.46. The van der Waals surface area contributed by atoms with Gasteiger partial charge in [0.15, 0.2) is 0 Å². The lowest BCUT2D eigenvalue weighted by atomic mass is 10.0. The molecule has 24 heavy (non-hydrogen) atoms. The lowest BCUT2D eigenvalue weighted by molar-refractivity contribution is 0.568. The molecule has 1 aliphatic rings. The molecule has 126 valence electrons. The van der Waals surface area contributed by atoms with Crippen molar-refractivity contribution in [2.24, 2.45) is 10.7 Å². The molecule has 0 unspecified atom stereocenters. The molecule has 2 aromatic rings. The van der Waals surface area contributed by atoms with Crippen molar-refractivity contribution in [2.75, 3.05) is 25.0 Å². The summed E-state index contributed by atoms with van der Waals surface area (Å²) in [7, 11) is 1.78. The highest BCUT2D eigenvalue weighted by atomic mass is 15.3. The number of nitrogens with zero attached hydrogens (tertiary/aromatic N) is 4. The third-order valence-electron chi connectivity index (χ3n) is 4.46. The highest BCUT2D eigenvalue weighted by Gasteiger charge is 2.18. The summed E-state index contributed by atoms with van der Waals surface area (Å²) in [4.78, 5) is 16.1. The van der Waals surface area contributed by atoms with Gasteiger partial charge < -0.3 is 10.6 Å². The smallest absolute Gasteiger partial charge is 0.226 e. The number of hydrogen-bond acceptors (Lipinski definition) is 5. The Morgan fingerprint density at radius 3 is 2.71 bits per heavy atom. The normalized spacial score (nSPS) is 15.2. The van der Waals surface area contributed by atoms with E-state index in [1.165, 1.54) is 19.3 Å². The van der Waals surface area contributed by atoms with Crippen LogP contribution in [0.1, 0.15) is 36.1 Å². The zero-order chi connectivity index (χ0) is 16.9. The maximum absolute atomic E-state index is 5.80. The molecule has 1 fully saturated rings. The van der Waals surface area contributed by atoms with Crippen LogP contribution in [0.15, 0.2) is 29.3 Å². The Labute approximate surface area is 143 Å². The molecule has 0 amide bonds. The number of aromatic nitrogens is 2. The molecule has 2 heterocycles. The summed E-state index contributed by atoms with van der Waals surface area (Å²) < 4.78 is 0. The Bertz CT molecular complexity index is 733. The Morgan fingerprint density at radius 1 is 1.21 bits per heavy atom. The van der Waals surface area contributed by atoms with Gasteiger partial charge in [0, 0.05) is 44.0 Å². The quantitative estimate of drug-likeness (QED) is 0.879. The zero-order valence-corrected chi connectivity index (χ0v) is 14.5. The average molecular weight is 323 g/mol. The topological polar surface area (TPSA) is 67.4 Å². The van der Waals surface area contributed by atoms with Crippen LogP contribution in [0, 0.1) is 6.92 Å². The number of nitrogens with two attached hydrogens (primary N) is 1. The first-order chi connectivity index (χ1) is 11.7. The summed E-state index contributed by atoms with van der Waals surface area (Å²) in [5.41, 5.74) is 10.8. The van der Waals surface area contributed by atoms with Gasteiger partial charge in [-0.05, 0) is 37.8 Å². The van der Waals surface area contributed by atoms with E-state index in [9.17, 15) is 0 Å². The van der Waals surface area contributed by atoms with Crippen LogP contribution in [-0.4, -0.2) is 36.3 Å². The first-order valence-electron chi connectivity index (χ1n) is 8.58. The summed E-state index contributed by atoms with van der Waals surface area (Å²) in [5.74, 6) is 0.827. The number of aryl methyl sites for hydroxylation is 1. The standard InChI is InChI=1S/C19H25N5/c1-14-17(13-21-2)18(16-8-6-7-15(11-16)12-20)23-19(22-14)24-9-4-3-5-10-24/h6-8,11,13H,3-5,9-10,12,20H2,1-2H3. The predicted molar refractivity (Wildman–Crippen MR) is 99.7 cm³/mol. The lowest BCUT2D eigenvalue weighted by Gasteiger charge is -2.27. The maximum Gasteiger partial charge on any atom is 0.226 e. The van der Waals surface area contributed by atoms with Crippen molar-refractivity contribution in [1.29, 1.82) is 0 Å². The first-order valence-corrected chi connectivity index (χ1v) is 8.58. The molecule has 1 aromatic carbocycles. The molecule has 0 bridgehead atoms. The van der Waals surface area contributed by atoms with E-state index in [0.717, 1.165) is 47.1 Å². The maximum atomic E-state index is 5.80. The predicted octanol–water partition coefficient (Wildman–Crippen LogP) is 2.95. The van der Waals surface area contributed by atoms with Crippen molar-refractivity contribution in [1.82, 2.24) is 9.97 Å². The number of aliphatic imine (C=N–C) groups is 1. The Kier molecular flexibility index (Phi) is 5.20. The molecule has 3 rings (SSSR count). The molecule has 0 saturated carbocycles. The van der Waals surface area contributed by atoms with Crippen LogP contribution >= 0.6 is 0 Å². The third-order valence-corrected chi connectivity index (χ3v) is 4.46. The molecule has 1 aliphatic heterocycles. The van der Waals surface area contributed by atoms with Crippen molar-refractivity contribution < 1.29 is 0 Å². The van der Waals surface area contributed by atoms with E-state index < -0.39 is 0 Å². The Hall–Kier alpha value is -2.27. The molecule has 0 radical (unpaired) electrons. The summed E-state index contributed by atoms with van der Waals surface area (Å²) in [6, 6.07) is 8.25. The zero-order valence-electron chi connectivity index (χ0n) is 14.5. The lowest BCUT2D eigenvalue weighted by Crippen LogP contribution is -2.31. The van der Waals surface area contributed by atoms with E-state index in [1.807, 2.05) is 25.3 Å². The minimum Gasteiger partial charge on any atom is -0.341 e. The van der Waals surface area contributed by atoms with E-state index in [0.29, 0.717) is 6.54 Å². The minimum absolute atomic E-state index is 0.522. The molecular weight excluding hydrogens is 298 g/mol. The van der Waals surface area contributed by atoms with Gasteiger partial charge in [0.25, 0.3) is 0 Å². The number of rotatable bonds is 4. The van der Waals surface area contributed by atoms with Gasteiger partial charge in [-0.3, -0.25) is 4.99 Å². The van der Waals surface area contributed by atoms with Crippen molar-refractivity contribution in [3.63, 3.8) is 0 Å². The van der Waals surface area contributed by atoms with Gasteiger partial charge in [-0.15, -0.1) is 0 Å². The molecule has 5 nitrogen and oxygen atoms in total. The second-order valence-corrected chi connectivity index (χ2v) is 6.21. The second-order valence-electron chi connectivity index (χ2n) is 6.21. The fraction of sp³-hybridized carbons (Fsp3) is 0.421. The van der Waals surface area contributed by atoms with Gasteiger partial charge in [0.2, 0.25) is 5.95 Å². The Balaban J connectivity index is 2.11. The van der Waals surface area contributed by atoms with E-state index in [1.54, 1.807) is 7.05 Å². The summed E-state index contributed by atoms with van der Waals surface area (Å²) in [6.07, 6.45) is 5.55. The highest BCUT2D eigenvalue weighted by Crippen LogP contribution is 2.27. The van der Waals surface area contributed by atoms with Crippen molar-refractivity contribution in [2.45, 2.75) is 32.7 Å². The molecule has 1 saturated heterocycles. The van der Waals surface area contributed by atoms with Gasteiger partial charge in [0.05, 0.1) is 11.4 Å². The summed E-state index contributed by atoms with van der Waals surface area (Å²) in [5, 5.41) is 0. The summed E-state index contributed by atoms with van der Waals surface area (Å²) in [6.45, 7) is 4.61. The van der Waals surface area contributed by atoms with Crippen LogP contribution in [0.2, 0.25) is 0 Å². The van der Waals surface area contributed by atoms with Crippen LogP contribution in [0.25, 0.3) is 11.3 Å². The minimum atomic E-state index is 0.522. The van der Waals surface area contributed by atoms with Crippen LogP contribution in [0.4, 0.5) is 5.95 Å². The van der Waals surface area contributed by atoms with Crippen molar-refractivity contribution in [3.8, 4) is 11.3 Å². The fourth-order valence-electron chi connectivity index (χ4n) is 3.15. The van der Waals surface area contributed by atoms with Gasteiger partial charge >= 0.3 is 0 Å². The molecule has 2 N–H and O–H groups in total. The highest BCUT2D eigenvalue weighted by molar-refractivity contribution is 5.90. The van der Waals surface area contributed by atoms with Crippen LogP contribution in [0.5, 0.6) is 0 Å². The molecular formula is C19H25N5. The fourth-order valence-corrected chi connectivity index (χ4v) is 3.15.